The number of aromatic nitrogens is 1. The Morgan fingerprint density at radius 2 is 1.43 bits per heavy atom. The summed E-state index contributed by atoms with van der Waals surface area (Å²) >= 11 is 6.92. The zero-order valence-electron chi connectivity index (χ0n) is 20.9. The van der Waals surface area contributed by atoms with E-state index in [2.05, 4.69) is 36.8 Å². The summed E-state index contributed by atoms with van der Waals surface area (Å²) < 4.78 is 18.1. The quantitative estimate of drug-likeness (QED) is 0.186. The van der Waals surface area contributed by atoms with E-state index in [9.17, 15) is 14.4 Å². The minimum Gasteiger partial charge on any atom is -0.493 e. The number of hydrogen-bond donors (Lipinski definition) is 0. The second-order valence-corrected chi connectivity index (χ2v) is 10.4. The van der Waals surface area contributed by atoms with E-state index < -0.39 is 29.7 Å². The molecule has 0 N–H and O–H groups in total. The van der Waals surface area contributed by atoms with Gasteiger partial charge in [-0.25, -0.2) is 4.98 Å². The Balaban J connectivity index is 1.78. The SMILES string of the molecule is COc1ccnc(C(=O)C[C@@H](C)C(=O)O[C@@H](C)C(c2ccc(Br)cc2)c2ccc(Br)cc2)c1OC(C)=O. The van der Waals surface area contributed by atoms with Crippen molar-refractivity contribution in [2.45, 2.75) is 39.2 Å². The highest BCUT2D eigenvalue weighted by molar-refractivity contribution is 9.10. The van der Waals surface area contributed by atoms with Crippen LogP contribution in [0.15, 0.2) is 69.7 Å². The predicted octanol–water partition coefficient (Wildman–Crippen LogP) is 6.51. The number of ether oxygens (including phenoxy) is 3. The first-order valence-corrected chi connectivity index (χ1v) is 13.1. The van der Waals surface area contributed by atoms with Crippen LogP contribution in [0.25, 0.3) is 0 Å². The van der Waals surface area contributed by atoms with Crippen molar-refractivity contribution in [3.63, 3.8) is 0 Å². The third kappa shape index (κ3) is 7.49. The summed E-state index contributed by atoms with van der Waals surface area (Å²) in [6, 6.07) is 17.2. The maximum absolute atomic E-state index is 13.1. The molecule has 0 spiro atoms. The first-order chi connectivity index (χ1) is 17.6. The lowest BCUT2D eigenvalue weighted by Gasteiger charge is -2.26. The number of nitrogens with zero attached hydrogens (tertiary/aromatic N) is 1. The van der Waals surface area contributed by atoms with Crippen LogP contribution in [-0.4, -0.2) is 35.9 Å². The number of carbonyl (C=O) groups is 3. The van der Waals surface area contributed by atoms with E-state index in [1.807, 2.05) is 55.5 Å². The number of Topliss-reactive ketones (excluding diaryl/α,β-unsaturated/α-hetero) is 1. The fraction of sp³-hybridized carbons (Fsp3) is 0.286. The fourth-order valence-electron chi connectivity index (χ4n) is 3.93. The molecule has 0 radical (unpaired) electrons. The normalized spacial score (nSPS) is 12.5. The molecule has 3 rings (SSSR count). The number of ketones is 1. The number of benzene rings is 2. The summed E-state index contributed by atoms with van der Waals surface area (Å²) in [4.78, 5) is 41.7. The van der Waals surface area contributed by atoms with Crippen LogP contribution in [0.3, 0.4) is 0 Å². The van der Waals surface area contributed by atoms with Crippen LogP contribution >= 0.6 is 31.9 Å². The van der Waals surface area contributed by atoms with Gasteiger partial charge in [0.2, 0.25) is 5.75 Å². The second kappa shape index (κ2) is 13.0. The van der Waals surface area contributed by atoms with E-state index in [4.69, 9.17) is 14.2 Å². The van der Waals surface area contributed by atoms with E-state index in [1.165, 1.54) is 26.3 Å². The zero-order chi connectivity index (χ0) is 27.1. The lowest BCUT2D eigenvalue weighted by atomic mass is 9.87. The molecule has 0 aliphatic rings. The van der Waals surface area contributed by atoms with E-state index in [1.54, 1.807) is 6.92 Å². The summed E-state index contributed by atoms with van der Waals surface area (Å²) in [7, 11) is 1.39. The Hall–Kier alpha value is -3.04. The molecule has 0 amide bonds. The van der Waals surface area contributed by atoms with Crippen molar-refractivity contribution < 1.29 is 28.6 Å². The smallest absolute Gasteiger partial charge is 0.309 e. The first-order valence-electron chi connectivity index (χ1n) is 11.6. The van der Waals surface area contributed by atoms with Gasteiger partial charge in [-0.2, -0.15) is 0 Å². The van der Waals surface area contributed by atoms with E-state index in [0.717, 1.165) is 20.1 Å². The molecule has 9 heteroatoms. The van der Waals surface area contributed by atoms with Crippen molar-refractivity contribution in [1.29, 1.82) is 0 Å². The molecule has 3 aromatic rings. The van der Waals surface area contributed by atoms with Gasteiger partial charge in [-0.05, 0) is 42.3 Å². The van der Waals surface area contributed by atoms with Gasteiger partial charge < -0.3 is 14.2 Å². The van der Waals surface area contributed by atoms with Gasteiger partial charge in [-0.1, -0.05) is 63.0 Å². The highest BCUT2D eigenvalue weighted by Crippen LogP contribution is 2.33. The van der Waals surface area contributed by atoms with Gasteiger partial charge in [0.05, 0.1) is 13.0 Å². The molecule has 37 heavy (non-hydrogen) atoms. The number of halogens is 2. The van der Waals surface area contributed by atoms with Gasteiger partial charge in [0.15, 0.2) is 17.2 Å². The van der Waals surface area contributed by atoms with Gasteiger partial charge in [0.1, 0.15) is 6.10 Å². The number of carbonyl (C=O) groups excluding carboxylic acids is 3. The van der Waals surface area contributed by atoms with E-state index in [-0.39, 0.29) is 29.5 Å². The molecule has 0 unspecified atom stereocenters. The van der Waals surface area contributed by atoms with Crippen LogP contribution in [0, 0.1) is 5.92 Å². The van der Waals surface area contributed by atoms with Crippen LogP contribution in [-0.2, 0) is 14.3 Å². The van der Waals surface area contributed by atoms with Gasteiger partial charge in [0, 0.05) is 40.5 Å². The summed E-state index contributed by atoms with van der Waals surface area (Å²) in [5.74, 6) is -2.45. The second-order valence-electron chi connectivity index (χ2n) is 8.54. The highest BCUT2D eigenvalue weighted by Gasteiger charge is 2.29. The average molecular weight is 633 g/mol. The van der Waals surface area contributed by atoms with Gasteiger partial charge in [0.25, 0.3) is 0 Å². The number of pyridine rings is 1. The monoisotopic (exact) mass is 631 g/mol. The zero-order valence-corrected chi connectivity index (χ0v) is 24.0. The summed E-state index contributed by atoms with van der Waals surface area (Å²) in [6.07, 6.45) is 0.686. The topological polar surface area (TPSA) is 91.8 Å². The molecule has 0 aliphatic heterocycles. The van der Waals surface area contributed by atoms with Crippen molar-refractivity contribution in [3.05, 3.63) is 86.6 Å². The summed E-state index contributed by atoms with van der Waals surface area (Å²) in [6.45, 7) is 4.67. The standard InChI is InChI=1S/C28H27Br2NO6/c1-16(15-23(33)26-27(37-18(3)32)24(35-4)13-14-31-26)28(34)36-17(2)25(19-5-9-21(29)10-6-19)20-7-11-22(30)12-8-20/h5-14,16-17,25H,15H2,1-4H3/t16-,17+/m1/s1. The summed E-state index contributed by atoms with van der Waals surface area (Å²) in [5.41, 5.74) is 1.90. The number of methoxy groups -OCH3 is 1. The van der Waals surface area contributed by atoms with Crippen molar-refractivity contribution in [3.8, 4) is 11.5 Å². The molecular weight excluding hydrogens is 606 g/mol. The molecule has 7 nitrogen and oxygen atoms in total. The van der Waals surface area contributed by atoms with Crippen molar-refractivity contribution >= 4 is 49.6 Å². The maximum Gasteiger partial charge on any atom is 0.309 e. The third-order valence-corrected chi connectivity index (χ3v) is 6.78. The molecule has 0 saturated carbocycles. The minimum atomic E-state index is -0.761. The van der Waals surface area contributed by atoms with E-state index in [0.29, 0.717) is 0 Å². The fourth-order valence-corrected chi connectivity index (χ4v) is 4.46. The van der Waals surface area contributed by atoms with Gasteiger partial charge in [-0.15, -0.1) is 0 Å². The highest BCUT2D eigenvalue weighted by atomic mass is 79.9. The number of hydrogen-bond acceptors (Lipinski definition) is 7. The molecule has 2 atom stereocenters. The van der Waals surface area contributed by atoms with Crippen LogP contribution in [0.5, 0.6) is 11.5 Å². The molecule has 0 bridgehead atoms. The largest absolute Gasteiger partial charge is 0.493 e. The predicted molar refractivity (Wildman–Crippen MR) is 146 cm³/mol. The molecule has 194 valence electrons. The number of rotatable bonds is 10. The maximum atomic E-state index is 13.1. The number of esters is 2. The molecule has 0 saturated heterocycles. The Labute approximate surface area is 232 Å². The molecule has 1 heterocycles. The average Bonchev–Trinajstić information content (AvgIpc) is 2.86. The Morgan fingerprint density at radius 1 is 0.892 bits per heavy atom. The van der Waals surface area contributed by atoms with Crippen molar-refractivity contribution in [2.24, 2.45) is 5.92 Å². The summed E-state index contributed by atoms with van der Waals surface area (Å²) in [5, 5.41) is 0. The van der Waals surface area contributed by atoms with Gasteiger partial charge in [-0.3, -0.25) is 14.4 Å². The molecular formula is C28H27Br2NO6. The third-order valence-electron chi connectivity index (χ3n) is 5.72. The van der Waals surface area contributed by atoms with Crippen LogP contribution in [0.2, 0.25) is 0 Å². The molecule has 2 aromatic carbocycles. The van der Waals surface area contributed by atoms with Crippen molar-refractivity contribution in [1.82, 2.24) is 4.98 Å². The Morgan fingerprint density at radius 3 is 1.92 bits per heavy atom. The molecule has 1 aromatic heterocycles. The van der Waals surface area contributed by atoms with E-state index >= 15 is 0 Å². The Kier molecular flexibility index (Phi) is 10.00. The van der Waals surface area contributed by atoms with Gasteiger partial charge >= 0.3 is 11.9 Å². The molecule has 0 aliphatic carbocycles. The lowest BCUT2D eigenvalue weighted by molar-refractivity contribution is -0.153. The van der Waals surface area contributed by atoms with Crippen LogP contribution in [0.4, 0.5) is 0 Å². The lowest BCUT2D eigenvalue weighted by Crippen LogP contribution is -2.28. The van der Waals surface area contributed by atoms with Crippen LogP contribution < -0.4 is 9.47 Å². The van der Waals surface area contributed by atoms with Crippen molar-refractivity contribution in [2.75, 3.05) is 7.11 Å². The first kappa shape index (κ1) is 28.5. The molecule has 0 fully saturated rings. The minimum absolute atomic E-state index is 0.0676. The Bertz CT molecular complexity index is 1220. The van der Waals surface area contributed by atoms with Crippen LogP contribution in [0.1, 0.15) is 54.7 Å².